The van der Waals surface area contributed by atoms with Crippen molar-refractivity contribution in [3.05, 3.63) is 95.4 Å². The molecule has 148 valence electrons. The lowest BCUT2D eigenvalue weighted by Crippen LogP contribution is -2.36. The fourth-order valence-electron chi connectivity index (χ4n) is 3.98. The number of amides is 1. The van der Waals surface area contributed by atoms with Crippen molar-refractivity contribution in [1.29, 1.82) is 0 Å². The Morgan fingerprint density at radius 1 is 0.900 bits per heavy atom. The summed E-state index contributed by atoms with van der Waals surface area (Å²) in [5, 5.41) is 7.75. The van der Waals surface area contributed by atoms with E-state index in [0.717, 1.165) is 34.6 Å². The van der Waals surface area contributed by atoms with Crippen LogP contribution in [0.5, 0.6) is 0 Å². The third kappa shape index (κ3) is 3.39. The van der Waals surface area contributed by atoms with Gasteiger partial charge in [-0.25, -0.2) is 4.98 Å². The largest absolute Gasteiger partial charge is 0.332 e. The number of hydrogen-bond donors (Lipinski definition) is 1. The van der Waals surface area contributed by atoms with Gasteiger partial charge in [-0.2, -0.15) is 5.10 Å². The molecule has 0 aliphatic carbocycles. The molecule has 1 amide bonds. The van der Waals surface area contributed by atoms with E-state index in [2.05, 4.69) is 51.6 Å². The van der Waals surface area contributed by atoms with Gasteiger partial charge in [-0.05, 0) is 30.2 Å². The highest BCUT2D eigenvalue weighted by atomic mass is 16.2. The lowest BCUT2D eigenvalue weighted by atomic mass is 9.98. The number of aromatic amines is 1. The Hall–Kier alpha value is -3.73. The summed E-state index contributed by atoms with van der Waals surface area (Å²) in [6.45, 7) is 3.10. The topological polar surface area (TPSA) is 61.9 Å². The molecule has 5 rings (SSSR count). The summed E-state index contributed by atoms with van der Waals surface area (Å²) in [5.41, 5.74) is 7.88. The lowest BCUT2D eigenvalue weighted by Gasteiger charge is -2.27. The number of pyridine rings is 1. The van der Waals surface area contributed by atoms with Gasteiger partial charge in [0.15, 0.2) is 0 Å². The Bertz CT molecular complexity index is 1200. The van der Waals surface area contributed by atoms with Crippen molar-refractivity contribution in [3.8, 4) is 22.4 Å². The number of H-pyrrole nitrogens is 1. The molecule has 5 heteroatoms. The number of carbonyl (C=O) groups excluding carboxylic acids is 1. The van der Waals surface area contributed by atoms with E-state index < -0.39 is 0 Å². The number of nitrogens with zero attached hydrogens (tertiary/aromatic N) is 3. The Balaban J connectivity index is 1.41. The second kappa shape index (κ2) is 7.59. The van der Waals surface area contributed by atoms with Crippen LogP contribution in [0, 0.1) is 6.92 Å². The summed E-state index contributed by atoms with van der Waals surface area (Å²) in [7, 11) is 0. The van der Waals surface area contributed by atoms with E-state index in [9.17, 15) is 4.79 Å². The molecule has 5 nitrogen and oxygen atoms in total. The normalized spacial score (nSPS) is 13.2. The second-order valence-corrected chi connectivity index (χ2v) is 7.61. The van der Waals surface area contributed by atoms with Gasteiger partial charge in [-0.1, -0.05) is 60.7 Å². The fourth-order valence-corrected chi connectivity index (χ4v) is 3.98. The SMILES string of the molecule is Cc1cccc(C(=O)N2CCc3[nH]nc(-c4ccc(-c5ccccc5)cc4)c3C2)n1. The van der Waals surface area contributed by atoms with Crippen LogP contribution in [0.2, 0.25) is 0 Å². The van der Waals surface area contributed by atoms with Crippen LogP contribution in [0.15, 0.2) is 72.8 Å². The van der Waals surface area contributed by atoms with Gasteiger partial charge in [0, 0.05) is 35.5 Å². The predicted molar refractivity (Wildman–Crippen MR) is 117 cm³/mol. The summed E-state index contributed by atoms with van der Waals surface area (Å²) < 4.78 is 0. The molecular weight excluding hydrogens is 372 g/mol. The molecule has 0 bridgehead atoms. The first-order valence-electron chi connectivity index (χ1n) is 10.1. The minimum atomic E-state index is -0.0316. The molecule has 0 atom stereocenters. The lowest BCUT2D eigenvalue weighted by molar-refractivity contribution is 0.0728. The maximum atomic E-state index is 13.0. The fraction of sp³-hybridized carbons (Fsp3) is 0.160. The van der Waals surface area contributed by atoms with Gasteiger partial charge >= 0.3 is 0 Å². The zero-order valence-corrected chi connectivity index (χ0v) is 16.8. The number of nitrogens with one attached hydrogen (secondary N) is 1. The molecule has 2 aromatic heterocycles. The van der Waals surface area contributed by atoms with E-state index in [1.54, 1.807) is 6.07 Å². The first kappa shape index (κ1) is 18.3. The van der Waals surface area contributed by atoms with Gasteiger partial charge in [0.25, 0.3) is 5.91 Å². The standard InChI is InChI=1S/C25H22N4O/c1-17-6-5-9-23(26-17)25(30)29-15-14-22-21(16-29)24(28-27-22)20-12-10-19(11-13-20)18-7-3-2-4-8-18/h2-13H,14-16H2,1H3,(H,27,28). The number of rotatable bonds is 3. The maximum absolute atomic E-state index is 13.0. The smallest absolute Gasteiger partial charge is 0.272 e. The van der Waals surface area contributed by atoms with Gasteiger partial charge in [-0.3, -0.25) is 9.89 Å². The Morgan fingerprint density at radius 3 is 2.40 bits per heavy atom. The minimum Gasteiger partial charge on any atom is -0.332 e. The number of hydrogen-bond acceptors (Lipinski definition) is 3. The van der Waals surface area contributed by atoms with Crippen molar-refractivity contribution in [2.45, 2.75) is 19.9 Å². The van der Waals surface area contributed by atoms with Crippen molar-refractivity contribution < 1.29 is 4.79 Å². The van der Waals surface area contributed by atoms with Crippen LogP contribution in [-0.4, -0.2) is 32.5 Å². The van der Waals surface area contributed by atoms with E-state index in [-0.39, 0.29) is 5.91 Å². The van der Waals surface area contributed by atoms with Crippen molar-refractivity contribution in [1.82, 2.24) is 20.1 Å². The summed E-state index contributed by atoms with van der Waals surface area (Å²) >= 11 is 0. The average Bonchev–Trinajstić information content (AvgIpc) is 3.22. The highest BCUT2D eigenvalue weighted by Gasteiger charge is 2.27. The molecule has 30 heavy (non-hydrogen) atoms. The molecule has 0 spiro atoms. The van der Waals surface area contributed by atoms with Crippen molar-refractivity contribution in [3.63, 3.8) is 0 Å². The van der Waals surface area contributed by atoms with Crippen LogP contribution in [0.3, 0.4) is 0 Å². The highest BCUT2D eigenvalue weighted by molar-refractivity contribution is 5.92. The number of aryl methyl sites for hydroxylation is 1. The van der Waals surface area contributed by atoms with Gasteiger partial charge in [0.2, 0.25) is 0 Å². The van der Waals surface area contributed by atoms with Crippen molar-refractivity contribution in [2.75, 3.05) is 6.54 Å². The molecule has 1 aliphatic heterocycles. The monoisotopic (exact) mass is 394 g/mol. The van der Waals surface area contributed by atoms with Gasteiger partial charge in [0.1, 0.15) is 5.69 Å². The van der Waals surface area contributed by atoms with Crippen LogP contribution in [0.1, 0.15) is 27.4 Å². The molecule has 0 unspecified atom stereocenters. The number of benzene rings is 2. The van der Waals surface area contributed by atoms with E-state index >= 15 is 0 Å². The van der Waals surface area contributed by atoms with Crippen LogP contribution >= 0.6 is 0 Å². The summed E-state index contributed by atoms with van der Waals surface area (Å²) in [6.07, 6.45) is 0.766. The second-order valence-electron chi connectivity index (χ2n) is 7.61. The Morgan fingerprint density at radius 2 is 1.63 bits per heavy atom. The zero-order valence-electron chi connectivity index (χ0n) is 16.8. The van der Waals surface area contributed by atoms with Crippen molar-refractivity contribution in [2.24, 2.45) is 0 Å². The third-order valence-electron chi connectivity index (χ3n) is 5.59. The highest BCUT2D eigenvalue weighted by Crippen LogP contribution is 2.30. The molecule has 3 heterocycles. The van der Waals surface area contributed by atoms with Crippen LogP contribution in [-0.2, 0) is 13.0 Å². The van der Waals surface area contributed by atoms with Gasteiger partial charge in [-0.15, -0.1) is 0 Å². The first-order valence-corrected chi connectivity index (χ1v) is 10.1. The first-order chi connectivity index (χ1) is 14.7. The molecule has 0 fully saturated rings. The molecule has 2 aromatic carbocycles. The summed E-state index contributed by atoms with van der Waals surface area (Å²) in [5.74, 6) is -0.0316. The van der Waals surface area contributed by atoms with E-state index in [4.69, 9.17) is 0 Å². The maximum Gasteiger partial charge on any atom is 0.272 e. The quantitative estimate of drug-likeness (QED) is 0.550. The molecule has 1 N–H and O–H groups in total. The van der Waals surface area contributed by atoms with Gasteiger partial charge in [0.05, 0.1) is 12.2 Å². The molecule has 4 aromatic rings. The Kier molecular flexibility index (Phi) is 4.64. The summed E-state index contributed by atoms with van der Waals surface area (Å²) in [4.78, 5) is 19.2. The number of aromatic nitrogens is 3. The van der Waals surface area contributed by atoms with E-state index in [1.165, 1.54) is 11.1 Å². The average molecular weight is 394 g/mol. The molecule has 0 radical (unpaired) electrons. The number of carbonyl (C=O) groups is 1. The van der Waals surface area contributed by atoms with E-state index in [0.29, 0.717) is 18.8 Å². The molecular formula is C25H22N4O. The minimum absolute atomic E-state index is 0.0316. The number of fused-ring (bicyclic) bond motifs is 1. The molecule has 0 saturated carbocycles. The van der Waals surface area contributed by atoms with Crippen LogP contribution in [0.25, 0.3) is 22.4 Å². The molecule has 0 saturated heterocycles. The van der Waals surface area contributed by atoms with Crippen LogP contribution in [0.4, 0.5) is 0 Å². The summed E-state index contributed by atoms with van der Waals surface area (Å²) in [6, 6.07) is 24.3. The Labute approximate surface area is 175 Å². The van der Waals surface area contributed by atoms with E-state index in [1.807, 2.05) is 42.2 Å². The zero-order chi connectivity index (χ0) is 20.5. The van der Waals surface area contributed by atoms with Crippen molar-refractivity contribution >= 4 is 5.91 Å². The van der Waals surface area contributed by atoms with Gasteiger partial charge < -0.3 is 4.90 Å². The third-order valence-corrected chi connectivity index (χ3v) is 5.59. The molecule has 1 aliphatic rings. The predicted octanol–water partition coefficient (Wildman–Crippen LogP) is 4.65. The van der Waals surface area contributed by atoms with Crippen LogP contribution < -0.4 is 0 Å².